The third-order valence-electron chi connectivity index (χ3n) is 7.60. The predicted octanol–water partition coefficient (Wildman–Crippen LogP) is 1.79. The van der Waals surface area contributed by atoms with Crippen molar-refractivity contribution in [3.8, 4) is 5.75 Å². The molecule has 5 atom stereocenters. The number of phenols is 1. The lowest BCUT2D eigenvalue weighted by atomic mass is 9.58. The van der Waals surface area contributed by atoms with E-state index in [1.54, 1.807) is 0 Å². The minimum Gasteiger partial charge on any atom is -0.510 e. The largest absolute Gasteiger partial charge is 0.510 e. The number of nitrogens with two attached hydrogens (primary N) is 1. The Hall–Kier alpha value is -3.38. The van der Waals surface area contributed by atoms with Crippen molar-refractivity contribution in [2.75, 3.05) is 14.1 Å². The molecule has 12 heteroatoms. The molecular weight excluding hydrogens is 485 g/mol. The molecule has 0 spiro atoms. The Balaban J connectivity index is 1.96. The molecule has 1 amide bonds. The van der Waals surface area contributed by atoms with Crippen LogP contribution in [0.15, 0.2) is 34.8 Å². The van der Waals surface area contributed by atoms with Crippen LogP contribution in [0.2, 0.25) is 0 Å². The lowest BCUT2D eigenvalue weighted by Crippen LogP contribution is -2.63. The minimum absolute atomic E-state index is 0.0436. The summed E-state index contributed by atoms with van der Waals surface area (Å²) >= 11 is 0. The van der Waals surface area contributed by atoms with E-state index in [2.05, 4.69) is 0 Å². The third-order valence-corrected chi connectivity index (χ3v) is 7.60. The topological polar surface area (TPSA) is 161 Å². The predicted molar refractivity (Wildman–Crippen MR) is 118 cm³/mol. The molecule has 0 saturated heterocycles. The first kappa shape index (κ1) is 25.7. The monoisotopic (exact) mass is 510 g/mol. The summed E-state index contributed by atoms with van der Waals surface area (Å²) in [7, 11) is 2.96. The number of aromatic hydroxyl groups is 1. The number of aliphatic hydroxyl groups is 3. The maximum atomic E-state index is 13.6. The fourth-order valence-corrected chi connectivity index (χ4v) is 5.86. The highest BCUT2D eigenvalue weighted by atomic mass is 19.4. The molecule has 6 N–H and O–H groups in total. The van der Waals surface area contributed by atoms with Crippen LogP contribution in [0.25, 0.3) is 0 Å². The number of primary amides is 1. The molecular formula is C24H25F3N2O7. The van der Waals surface area contributed by atoms with Gasteiger partial charge in [-0.1, -0.05) is 6.07 Å². The number of benzene rings is 1. The summed E-state index contributed by atoms with van der Waals surface area (Å²) in [6.45, 7) is 0.926. The number of halogens is 3. The molecule has 9 nitrogen and oxygen atoms in total. The number of amides is 1. The van der Waals surface area contributed by atoms with Gasteiger partial charge in [0.25, 0.3) is 5.91 Å². The van der Waals surface area contributed by atoms with Crippen molar-refractivity contribution in [1.82, 2.24) is 4.90 Å². The van der Waals surface area contributed by atoms with Gasteiger partial charge in [-0.05, 0) is 57.0 Å². The van der Waals surface area contributed by atoms with Gasteiger partial charge in [0.05, 0.1) is 17.5 Å². The summed E-state index contributed by atoms with van der Waals surface area (Å²) in [6.07, 6.45) is -5.05. The second-order valence-electron chi connectivity index (χ2n) is 9.75. The molecule has 0 bridgehead atoms. The van der Waals surface area contributed by atoms with Crippen molar-refractivity contribution in [2.24, 2.45) is 17.6 Å². The Bertz CT molecular complexity index is 1270. The highest BCUT2D eigenvalue weighted by Crippen LogP contribution is 2.53. The summed E-state index contributed by atoms with van der Waals surface area (Å²) < 4.78 is 40.7. The molecule has 4 rings (SSSR count). The van der Waals surface area contributed by atoms with E-state index in [-0.39, 0.29) is 24.0 Å². The van der Waals surface area contributed by atoms with E-state index >= 15 is 0 Å². The Labute approximate surface area is 203 Å². The zero-order chi connectivity index (χ0) is 27.1. The van der Waals surface area contributed by atoms with E-state index < -0.39 is 87.0 Å². The average Bonchev–Trinajstić information content (AvgIpc) is 2.75. The summed E-state index contributed by atoms with van der Waals surface area (Å²) in [6, 6.07) is 0.855. The molecule has 1 aromatic rings. The summed E-state index contributed by atoms with van der Waals surface area (Å²) in [5, 5.41) is 43.8. The first-order chi connectivity index (χ1) is 16.5. The van der Waals surface area contributed by atoms with Crippen LogP contribution in [0.3, 0.4) is 0 Å². The van der Waals surface area contributed by atoms with Crippen molar-refractivity contribution >= 4 is 17.5 Å². The van der Waals surface area contributed by atoms with E-state index in [1.165, 1.54) is 19.0 Å². The Morgan fingerprint density at radius 3 is 2.33 bits per heavy atom. The molecule has 1 unspecified atom stereocenters. The SMILES string of the molecule is CC(c1ccc(O)c2c1C[C@H]1C[C@H]3[C@H](N(C)C)C(O)=C(C(N)=O)C(=O)[C@@]3(O)C(O)=C1C2=O)C(F)(F)F. The number of alkyl halides is 3. The van der Waals surface area contributed by atoms with Gasteiger partial charge in [-0.2, -0.15) is 13.2 Å². The van der Waals surface area contributed by atoms with Crippen LogP contribution >= 0.6 is 0 Å². The third kappa shape index (κ3) is 3.34. The van der Waals surface area contributed by atoms with Gasteiger partial charge in [0.1, 0.15) is 22.8 Å². The van der Waals surface area contributed by atoms with Crippen LogP contribution in [0.4, 0.5) is 13.2 Å². The summed E-state index contributed by atoms with van der Waals surface area (Å²) in [5.41, 5.74) is 0.373. The fourth-order valence-electron chi connectivity index (χ4n) is 5.86. The molecule has 3 aliphatic rings. The second kappa shape index (κ2) is 8.07. The lowest BCUT2D eigenvalue weighted by Gasteiger charge is -2.50. The maximum Gasteiger partial charge on any atom is 0.395 e. The number of rotatable bonds is 3. The Morgan fingerprint density at radius 1 is 1.19 bits per heavy atom. The number of aliphatic hydroxyl groups excluding tert-OH is 2. The molecule has 0 radical (unpaired) electrons. The van der Waals surface area contributed by atoms with Crippen molar-refractivity contribution < 1.29 is 48.0 Å². The number of hydrogen-bond donors (Lipinski definition) is 5. The van der Waals surface area contributed by atoms with Gasteiger partial charge >= 0.3 is 6.18 Å². The standard InChI is InChI=1S/C24H25F3N2O7/c1-8(24(25,26)27)10-4-5-13(30)15-11(10)6-9-7-12-17(29(2)3)19(32)16(22(28)35)21(34)23(12,36)20(33)14(9)18(15)31/h4-5,8-9,12,17,30,32-33,36H,6-7H2,1-3H3,(H2,28,35)/t8?,9-,12-,17-,23-/m0/s1. The molecule has 0 saturated carbocycles. The number of likely N-dealkylation sites (N-methyl/N-ethyl adjacent to an activating group) is 1. The lowest BCUT2D eigenvalue weighted by molar-refractivity contribution is -0.149. The van der Waals surface area contributed by atoms with Gasteiger partial charge in [0.15, 0.2) is 11.4 Å². The van der Waals surface area contributed by atoms with Gasteiger partial charge in [-0.25, -0.2) is 0 Å². The van der Waals surface area contributed by atoms with E-state index in [4.69, 9.17) is 5.73 Å². The number of nitrogens with zero attached hydrogens (tertiary/aromatic N) is 1. The van der Waals surface area contributed by atoms with E-state index in [1.807, 2.05) is 0 Å². The number of ketones is 2. The second-order valence-corrected chi connectivity index (χ2v) is 9.75. The summed E-state index contributed by atoms with van der Waals surface area (Å²) in [5.74, 6) is -10.4. The average molecular weight is 510 g/mol. The van der Waals surface area contributed by atoms with Crippen LogP contribution in [0.5, 0.6) is 5.75 Å². The minimum atomic E-state index is -4.63. The van der Waals surface area contributed by atoms with Crippen LogP contribution < -0.4 is 5.73 Å². The molecule has 1 aromatic carbocycles. The van der Waals surface area contributed by atoms with E-state index in [9.17, 15) is 48.0 Å². The van der Waals surface area contributed by atoms with Crippen molar-refractivity contribution in [1.29, 1.82) is 0 Å². The van der Waals surface area contributed by atoms with Gasteiger partial charge in [0, 0.05) is 11.5 Å². The van der Waals surface area contributed by atoms with Crippen LogP contribution in [0, 0.1) is 11.8 Å². The quantitative estimate of drug-likeness (QED) is 0.385. The van der Waals surface area contributed by atoms with E-state index in [0.29, 0.717) is 0 Å². The van der Waals surface area contributed by atoms with Gasteiger partial charge in [0.2, 0.25) is 5.78 Å². The smallest absolute Gasteiger partial charge is 0.395 e. The maximum absolute atomic E-state index is 13.6. The number of fused-ring (bicyclic) bond motifs is 3. The summed E-state index contributed by atoms with van der Waals surface area (Å²) in [4.78, 5) is 40.0. The Morgan fingerprint density at radius 2 is 1.81 bits per heavy atom. The molecule has 0 heterocycles. The number of allylic oxidation sites excluding steroid dienone is 1. The van der Waals surface area contributed by atoms with E-state index in [0.717, 1.165) is 19.1 Å². The number of Topliss-reactive ketones (excluding diaryl/α,β-unsaturated/α-hetero) is 2. The first-order valence-corrected chi connectivity index (χ1v) is 11.1. The molecule has 3 aliphatic carbocycles. The molecule has 194 valence electrons. The van der Waals surface area contributed by atoms with Crippen LogP contribution in [0.1, 0.15) is 40.7 Å². The number of hydrogen-bond acceptors (Lipinski definition) is 8. The zero-order valence-electron chi connectivity index (χ0n) is 19.6. The molecule has 0 aromatic heterocycles. The normalized spacial score (nSPS) is 29.2. The van der Waals surface area contributed by atoms with Crippen LogP contribution in [-0.4, -0.2) is 74.7 Å². The van der Waals surface area contributed by atoms with Gasteiger partial charge < -0.3 is 26.2 Å². The zero-order valence-corrected chi connectivity index (χ0v) is 19.6. The number of carbonyl (C=O) groups is 3. The van der Waals surface area contributed by atoms with Crippen molar-refractivity contribution in [3.05, 3.63) is 51.5 Å². The number of phenolic OH excluding ortho intramolecular Hbond substituents is 1. The van der Waals surface area contributed by atoms with Gasteiger partial charge in [-0.15, -0.1) is 0 Å². The Kier molecular flexibility index (Phi) is 5.76. The highest BCUT2D eigenvalue weighted by molar-refractivity contribution is 6.24. The molecule has 0 aliphatic heterocycles. The highest BCUT2D eigenvalue weighted by Gasteiger charge is 2.63. The van der Waals surface area contributed by atoms with Crippen LogP contribution in [-0.2, 0) is 16.0 Å². The van der Waals surface area contributed by atoms with Crippen molar-refractivity contribution in [2.45, 2.75) is 43.5 Å². The fraction of sp³-hybridized carbons (Fsp3) is 0.458. The molecule has 0 fully saturated rings. The molecule has 36 heavy (non-hydrogen) atoms. The first-order valence-electron chi connectivity index (χ1n) is 11.1. The number of carbonyl (C=O) groups excluding carboxylic acids is 3. The van der Waals surface area contributed by atoms with Gasteiger partial charge in [-0.3, -0.25) is 19.3 Å². The van der Waals surface area contributed by atoms with Crippen molar-refractivity contribution in [3.63, 3.8) is 0 Å².